The molecule has 0 saturated carbocycles. The van der Waals surface area contributed by atoms with Gasteiger partial charge in [-0.3, -0.25) is 0 Å². The van der Waals surface area contributed by atoms with Crippen LogP contribution in [0.5, 0.6) is 0 Å². The summed E-state index contributed by atoms with van der Waals surface area (Å²) < 4.78 is 0. The fraction of sp³-hybridized carbons (Fsp3) is 0.176. The van der Waals surface area contributed by atoms with Gasteiger partial charge in [-0.15, -0.1) is 0 Å². The zero-order valence-electron chi connectivity index (χ0n) is 12.4. The second-order valence-electron chi connectivity index (χ2n) is 4.65. The number of halogens is 1. The first-order valence-electron chi connectivity index (χ1n) is 6.94. The lowest BCUT2D eigenvalue weighted by molar-refractivity contribution is -0.159. The van der Waals surface area contributed by atoms with E-state index in [-0.39, 0.29) is 0 Å². The quantitative estimate of drug-likeness (QED) is 0.578. The van der Waals surface area contributed by atoms with Crippen molar-refractivity contribution in [2.75, 3.05) is 6.54 Å². The van der Waals surface area contributed by atoms with Gasteiger partial charge in [-0.1, -0.05) is 54.1 Å². The second kappa shape index (κ2) is 10.4. The van der Waals surface area contributed by atoms with Crippen molar-refractivity contribution in [3.05, 3.63) is 70.7 Å². The van der Waals surface area contributed by atoms with Crippen LogP contribution < -0.4 is 5.32 Å². The van der Waals surface area contributed by atoms with Gasteiger partial charge in [0.25, 0.3) is 0 Å². The zero-order chi connectivity index (χ0) is 17.1. The molecule has 23 heavy (non-hydrogen) atoms. The lowest BCUT2D eigenvalue weighted by Crippen LogP contribution is -2.16. The number of aliphatic carboxylic acids is 2. The van der Waals surface area contributed by atoms with Gasteiger partial charge >= 0.3 is 11.9 Å². The predicted molar refractivity (Wildman–Crippen MR) is 88.6 cm³/mol. The van der Waals surface area contributed by atoms with Crippen molar-refractivity contribution >= 4 is 23.5 Å². The number of carboxylic acid groups (broad SMARTS) is 2. The van der Waals surface area contributed by atoms with Crippen molar-refractivity contribution in [2.45, 2.75) is 13.0 Å². The molecule has 0 unspecified atom stereocenters. The van der Waals surface area contributed by atoms with Gasteiger partial charge in [0.05, 0.1) is 0 Å². The second-order valence-corrected chi connectivity index (χ2v) is 5.09. The zero-order valence-corrected chi connectivity index (χ0v) is 13.2. The van der Waals surface area contributed by atoms with Gasteiger partial charge in [-0.25, -0.2) is 9.59 Å². The number of carboxylic acids is 2. The minimum Gasteiger partial charge on any atom is -0.473 e. The maximum atomic E-state index is 9.10. The van der Waals surface area contributed by atoms with E-state index < -0.39 is 11.9 Å². The topological polar surface area (TPSA) is 86.6 Å². The Morgan fingerprint density at radius 3 is 1.96 bits per heavy atom. The molecule has 0 amide bonds. The van der Waals surface area contributed by atoms with Crippen LogP contribution >= 0.6 is 11.6 Å². The minimum atomic E-state index is -1.82. The van der Waals surface area contributed by atoms with Gasteiger partial charge in [0.15, 0.2) is 0 Å². The summed E-state index contributed by atoms with van der Waals surface area (Å²) in [6.07, 6.45) is 1.06. The Morgan fingerprint density at radius 2 is 1.43 bits per heavy atom. The molecular formula is C17H18ClNO4. The van der Waals surface area contributed by atoms with E-state index in [1.165, 1.54) is 11.1 Å². The van der Waals surface area contributed by atoms with Crippen LogP contribution in [0, 0.1) is 0 Å². The Balaban J connectivity index is 0.000000379. The van der Waals surface area contributed by atoms with Crippen molar-refractivity contribution in [1.29, 1.82) is 0 Å². The fourth-order valence-corrected chi connectivity index (χ4v) is 1.84. The molecule has 2 rings (SSSR count). The van der Waals surface area contributed by atoms with E-state index in [4.69, 9.17) is 31.4 Å². The number of carbonyl (C=O) groups is 2. The standard InChI is InChI=1S/C15H16ClN.C2H2O4/c16-15-8-6-14(7-9-15)12-17-11-10-13-4-2-1-3-5-13;3-1(4)2(5)6/h1-9,17H,10-12H2;(H,3,4)(H,5,6). The van der Waals surface area contributed by atoms with E-state index in [1.807, 2.05) is 18.2 Å². The number of hydrogen-bond acceptors (Lipinski definition) is 3. The highest BCUT2D eigenvalue weighted by Gasteiger charge is 2.04. The molecule has 0 aromatic heterocycles. The average molecular weight is 336 g/mol. The maximum absolute atomic E-state index is 9.10. The van der Waals surface area contributed by atoms with Crippen LogP contribution in [-0.2, 0) is 22.6 Å². The van der Waals surface area contributed by atoms with Gasteiger partial charge in [0.1, 0.15) is 0 Å². The summed E-state index contributed by atoms with van der Waals surface area (Å²) in [6.45, 7) is 1.89. The third-order valence-electron chi connectivity index (χ3n) is 2.86. The average Bonchev–Trinajstić information content (AvgIpc) is 2.55. The Bertz CT molecular complexity index is 602. The Kier molecular flexibility index (Phi) is 8.42. The van der Waals surface area contributed by atoms with E-state index in [0.717, 1.165) is 24.5 Å². The number of benzene rings is 2. The summed E-state index contributed by atoms with van der Waals surface area (Å²) in [5.41, 5.74) is 2.64. The highest BCUT2D eigenvalue weighted by molar-refractivity contribution is 6.30. The molecular weight excluding hydrogens is 318 g/mol. The number of hydrogen-bond donors (Lipinski definition) is 3. The normalized spacial score (nSPS) is 9.61. The summed E-state index contributed by atoms with van der Waals surface area (Å²) in [5, 5.41) is 19.0. The summed E-state index contributed by atoms with van der Waals surface area (Å²) in [4.78, 5) is 18.2. The molecule has 0 atom stereocenters. The molecule has 122 valence electrons. The molecule has 0 aliphatic carbocycles. The molecule has 0 aliphatic heterocycles. The first kappa shape index (κ1) is 18.7. The number of nitrogens with one attached hydrogen (secondary N) is 1. The van der Waals surface area contributed by atoms with E-state index in [1.54, 1.807) is 0 Å². The van der Waals surface area contributed by atoms with E-state index in [0.29, 0.717) is 0 Å². The van der Waals surface area contributed by atoms with Crippen LogP contribution in [0.2, 0.25) is 5.02 Å². The third-order valence-corrected chi connectivity index (χ3v) is 3.11. The van der Waals surface area contributed by atoms with Gasteiger partial charge < -0.3 is 15.5 Å². The van der Waals surface area contributed by atoms with Crippen molar-refractivity contribution in [2.24, 2.45) is 0 Å². The lowest BCUT2D eigenvalue weighted by Gasteiger charge is -2.05. The van der Waals surface area contributed by atoms with E-state index in [9.17, 15) is 0 Å². The Labute approximate surface area is 139 Å². The van der Waals surface area contributed by atoms with Crippen molar-refractivity contribution in [3.63, 3.8) is 0 Å². The molecule has 0 radical (unpaired) electrons. The monoisotopic (exact) mass is 335 g/mol. The van der Waals surface area contributed by atoms with Gasteiger partial charge in [-0.05, 0) is 36.2 Å². The van der Waals surface area contributed by atoms with Crippen LogP contribution in [-0.4, -0.2) is 28.7 Å². The summed E-state index contributed by atoms with van der Waals surface area (Å²) >= 11 is 5.83. The van der Waals surface area contributed by atoms with Gasteiger partial charge in [0, 0.05) is 11.6 Å². The molecule has 2 aromatic rings. The number of rotatable bonds is 5. The molecule has 0 aliphatic rings. The molecule has 0 fully saturated rings. The van der Waals surface area contributed by atoms with E-state index in [2.05, 4.69) is 41.7 Å². The van der Waals surface area contributed by atoms with Crippen molar-refractivity contribution < 1.29 is 19.8 Å². The molecule has 2 aromatic carbocycles. The SMILES string of the molecule is Clc1ccc(CNCCc2ccccc2)cc1.O=C(O)C(=O)O. The predicted octanol–water partition coefficient (Wildman–Crippen LogP) is 2.83. The van der Waals surface area contributed by atoms with Gasteiger partial charge in [-0.2, -0.15) is 0 Å². The molecule has 0 spiro atoms. The van der Waals surface area contributed by atoms with Crippen LogP contribution in [0.3, 0.4) is 0 Å². The maximum Gasteiger partial charge on any atom is 0.414 e. The van der Waals surface area contributed by atoms with Crippen LogP contribution in [0.4, 0.5) is 0 Å². The Hall–Kier alpha value is -2.37. The van der Waals surface area contributed by atoms with Crippen molar-refractivity contribution in [3.8, 4) is 0 Å². The highest BCUT2D eigenvalue weighted by atomic mass is 35.5. The molecule has 3 N–H and O–H groups in total. The first-order chi connectivity index (χ1) is 11.0. The van der Waals surface area contributed by atoms with Crippen LogP contribution in [0.15, 0.2) is 54.6 Å². The first-order valence-corrected chi connectivity index (χ1v) is 7.32. The smallest absolute Gasteiger partial charge is 0.414 e. The third kappa shape index (κ3) is 8.60. The van der Waals surface area contributed by atoms with Crippen molar-refractivity contribution in [1.82, 2.24) is 5.32 Å². The molecule has 0 bridgehead atoms. The molecule has 0 heterocycles. The van der Waals surface area contributed by atoms with Crippen LogP contribution in [0.25, 0.3) is 0 Å². The summed E-state index contributed by atoms with van der Waals surface area (Å²) in [6, 6.07) is 18.5. The van der Waals surface area contributed by atoms with Gasteiger partial charge in [0.2, 0.25) is 0 Å². The largest absolute Gasteiger partial charge is 0.473 e. The molecule has 6 heteroatoms. The molecule has 5 nitrogen and oxygen atoms in total. The highest BCUT2D eigenvalue weighted by Crippen LogP contribution is 2.09. The summed E-state index contributed by atoms with van der Waals surface area (Å²) in [7, 11) is 0. The lowest BCUT2D eigenvalue weighted by atomic mass is 10.1. The summed E-state index contributed by atoms with van der Waals surface area (Å²) in [5.74, 6) is -3.65. The van der Waals surface area contributed by atoms with E-state index >= 15 is 0 Å². The minimum absolute atomic E-state index is 0.790. The Morgan fingerprint density at radius 1 is 0.870 bits per heavy atom. The van der Waals surface area contributed by atoms with Crippen LogP contribution in [0.1, 0.15) is 11.1 Å². The molecule has 0 saturated heterocycles. The fourth-order valence-electron chi connectivity index (χ4n) is 1.71.